The van der Waals surface area contributed by atoms with E-state index in [1.807, 2.05) is 18.2 Å². The molecule has 0 bridgehead atoms. The molecule has 552 valence electrons. The normalized spacial score (nSPS) is 14.6. The topological polar surface area (TPSA) is 237 Å². The predicted molar refractivity (Wildman–Crippen MR) is 390 cm³/mol. The molecule has 0 radical (unpaired) electrons. The van der Waals surface area contributed by atoms with Crippen LogP contribution in [0.3, 0.4) is 0 Å². The Morgan fingerprint density at radius 2 is 0.562 bits per heavy atom. The van der Waals surface area contributed by atoms with Crippen molar-refractivity contribution in [1.29, 1.82) is 0 Å². The fourth-order valence-electron chi connectivity index (χ4n) is 9.67. The molecule has 19 heteroatoms. The van der Waals surface area contributed by atoms with Crippen LogP contribution in [0.25, 0.3) is 0 Å². The van der Waals surface area contributed by atoms with Crippen LogP contribution in [-0.2, 0) is 65.4 Å². The standard InChI is InChI=1S/C77H132O17P2/c1-5-9-13-17-21-25-29-31-33-34-35-36-38-40-44-46-50-54-58-62-75(80)88-68-73(94-77(82)64-60-56-52-48-42-28-24-20-16-12-8-4)70-92-96(85,86)90-66-71(78)65-89-95(83,84)91-69-72(93-76(81)63-59-55-51-47-41-27-23-19-15-11-7-3)67-87-74(79)61-57-53-49-45-43-39-37-32-30-26-22-18-14-10-6-2/h9-10,13-14,21-22,25-26,31-33,35-37,40,44,50,54,71-73,78H,5-8,11-12,15-20,23-24,27-30,34,38-39,41-43,45-49,51-53,55-70H2,1-4H3,(H,83,84)(H,85,86)/b13-9-,14-10-,25-21-,26-22-,33-31-,36-35-,37-32-,44-40-,54-50-. The molecule has 3 N–H and O–H groups in total. The van der Waals surface area contributed by atoms with Crippen molar-refractivity contribution in [3.8, 4) is 0 Å². The highest BCUT2D eigenvalue weighted by atomic mass is 31.2. The maximum atomic E-state index is 13.0. The van der Waals surface area contributed by atoms with E-state index >= 15 is 0 Å². The maximum absolute atomic E-state index is 13.0. The summed E-state index contributed by atoms with van der Waals surface area (Å²) >= 11 is 0. The fourth-order valence-corrected chi connectivity index (χ4v) is 11.3. The van der Waals surface area contributed by atoms with Crippen LogP contribution < -0.4 is 0 Å². The van der Waals surface area contributed by atoms with Gasteiger partial charge in [-0.3, -0.25) is 37.3 Å². The number of aliphatic hydroxyl groups is 1. The second-order valence-corrected chi connectivity index (χ2v) is 27.4. The minimum atomic E-state index is -4.98. The minimum absolute atomic E-state index is 0.0370. The van der Waals surface area contributed by atoms with E-state index in [4.69, 9.17) is 37.0 Å². The van der Waals surface area contributed by atoms with Crippen LogP contribution in [0.4, 0.5) is 0 Å². The molecule has 0 heterocycles. The van der Waals surface area contributed by atoms with Crippen molar-refractivity contribution in [3.63, 3.8) is 0 Å². The zero-order chi connectivity index (χ0) is 70.4. The molecule has 0 rings (SSSR count). The summed E-state index contributed by atoms with van der Waals surface area (Å²) in [6, 6.07) is 0. The highest BCUT2D eigenvalue weighted by Gasteiger charge is 2.30. The lowest BCUT2D eigenvalue weighted by atomic mass is 10.1. The van der Waals surface area contributed by atoms with Gasteiger partial charge in [0.15, 0.2) is 12.2 Å². The second kappa shape index (κ2) is 69.2. The quantitative estimate of drug-likeness (QED) is 0.0169. The Hall–Kier alpha value is -4.28. The Balaban J connectivity index is 5.35. The summed E-state index contributed by atoms with van der Waals surface area (Å²) in [5.41, 5.74) is 0. The number of aliphatic hydroxyl groups excluding tert-OH is 1. The molecule has 0 aromatic heterocycles. The molecule has 0 aliphatic heterocycles. The molecule has 0 saturated heterocycles. The van der Waals surface area contributed by atoms with Gasteiger partial charge in [0.25, 0.3) is 0 Å². The summed E-state index contributed by atoms with van der Waals surface area (Å²) in [4.78, 5) is 72.6. The first-order chi connectivity index (χ1) is 46.7. The van der Waals surface area contributed by atoms with Gasteiger partial charge in [-0.25, -0.2) is 9.13 Å². The summed E-state index contributed by atoms with van der Waals surface area (Å²) in [5, 5.41) is 10.6. The highest BCUT2D eigenvalue weighted by Crippen LogP contribution is 2.45. The number of carbonyl (C=O) groups excluding carboxylic acids is 4. The van der Waals surface area contributed by atoms with E-state index in [1.165, 1.54) is 77.0 Å². The van der Waals surface area contributed by atoms with E-state index < -0.39 is 97.5 Å². The van der Waals surface area contributed by atoms with Crippen LogP contribution in [0.2, 0.25) is 0 Å². The summed E-state index contributed by atoms with van der Waals surface area (Å²) in [6.07, 6.45) is 72.5. The lowest BCUT2D eigenvalue weighted by molar-refractivity contribution is -0.161. The van der Waals surface area contributed by atoms with Gasteiger partial charge in [0.2, 0.25) is 0 Å². The van der Waals surface area contributed by atoms with Crippen molar-refractivity contribution >= 4 is 39.5 Å². The van der Waals surface area contributed by atoms with Crippen LogP contribution in [0, 0.1) is 0 Å². The third kappa shape index (κ3) is 68.3. The summed E-state index contributed by atoms with van der Waals surface area (Å²) in [5.74, 6) is -2.28. The van der Waals surface area contributed by atoms with Crippen molar-refractivity contribution < 1.29 is 80.2 Å². The number of ether oxygens (including phenoxy) is 4. The van der Waals surface area contributed by atoms with Gasteiger partial charge in [-0.2, -0.15) is 0 Å². The fraction of sp³-hybridized carbons (Fsp3) is 0.714. The smallest absolute Gasteiger partial charge is 0.462 e. The first-order valence-electron chi connectivity index (χ1n) is 37.1. The maximum Gasteiger partial charge on any atom is 0.472 e. The number of phosphoric ester groups is 2. The van der Waals surface area contributed by atoms with E-state index in [9.17, 15) is 43.2 Å². The van der Waals surface area contributed by atoms with Crippen LogP contribution in [0.15, 0.2) is 109 Å². The monoisotopic (exact) mass is 1390 g/mol. The van der Waals surface area contributed by atoms with Crippen molar-refractivity contribution in [2.24, 2.45) is 0 Å². The van der Waals surface area contributed by atoms with E-state index in [-0.39, 0.29) is 25.7 Å². The van der Waals surface area contributed by atoms with Gasteiger partial charge in [0.05, 0.1) is 26.4 Å². The Bertz CT molecular complexity index is 2250. The molecule has 0 aliphatic rings. The Morgan fingerprint density at radius 1 is 0.302 bits per heavy atom. The molecule has 0 aromatic carbocycles. The van der Waals surface area contributed by atoms with E-state index in [1.54, 1.807) is 0 Å². The zero-order valence-electron chi connectivity index (χ0n) is 60.0. The van der Waals surface area contributed by atoms with Crippen molar-refractivity contribution in [1.82, 2.24) is 0 Å². The summed E-state index contributed by atoms with van der Waals surface area (Å²) < 4.78 is 68.2. The van der Waals surface area contributed by atoms with Crippen LogP contribution >= 0.6 is 15.6 Å². The van der Waals surface area contributed by atoms with Gasteiger partial charge >= 0.3 is 39.5 Å². The average molecular weight is 1390 g/mol. The first kappa shape index (κ1) is 91.7. The molecule has 5 unspecified atom stereocenters. The molecule has 0 aliphatic carbocycles. The number of hydrogen-bond acceptors (Lipinski definition) is 15. The third-order valence-corrected chi connectivity index (χ3v) is 17.2. The Morgan fingerprint density at radius 3 is 0.896 bits per heavy atom. The number of unbranched alkanes of at least 4 members (excludes halogenated alkanes) is 25. The lowest BCUT2D eigenvalue weighted by Crippen LogP contribution is -2.30. The predicted octanol–water partition coefficient (Wildman–Crippen LogP) is 21.0. The minimum Gasteiger partial charge on any atom is -0.462 e. The molecule has 0 amide bonds. The van der Waals surface area contributed by atoms with E-state index in [0.717, 1.165) is 135 Å². The van der Waals surface area contributed by atoms with Crippen LogP contribution in [0.1, 0.15) is 297 Å². The molecular weight excluding hydrogens is 1260 g/mol. The lowest BCUT2D eigenvalue weighted by Gasteiger charge is -2.21. The average Bonchev–Trinajstić information content (AvgIpc) is 1.15. The second-order valence-electron chi connectivity index (χ2n) is 24.5. The molecule has 96 heavy (non-hydrogen) atoms. The highest BCUT2D eigenvalue weighted by molar-refractivity contribution is 7.47. The number of carbonyl (C=O) groups is 4. The van der Waals surface area contributed by atoms with Gasteiger partial charge in [-0.05, 0) is 96.3 Å². The number of hydrogen-bond donors (Lipinski definition) is 3. The van der Waals surface area contributed by atoms with Gasteiger partial charge in [-0.1, -0.05) is 285 Å². The Labute approximate surface area is 581 Å². The molecule has 0 spiro atoms. The molecule has 17 nitrogen and oxygen atoms in total. The Kier molecular flexibility index (Phi) is 66.1. The molecular formula is C77H132O17P2. The van der Waals surface area contributed by atoms with Gasteiger partial charge < -0.3 is 33.8 Å². The van der Waals surface area contributed by atoms with Gasteiger partial charge in [-0.15, -0.1) is 0 Å². The molecule has 5 atom stereocenters. The van der Waals surface area contributed by atoms with Gasteiger partial charge in [0.1, 0.15) is 19.3 Å². The zero-order valence-corrected chi connectivity index (χ0v) is 61.8. The molecule has 0 aromatic rings. The summed E-state index contributed by atoms with van der Waals surface area (Å²) in [6.45, 7) is 4.53. The van der Waals surface area contributed by atoms with E-state index in [2.05, 4.69) is 119 Å². The summed E-state index contributed by atoms with van der Waals surface area (Å²) in [7, 11) is -9.96. The van der Waals surface area contributed by atoms with Crippen LogP contribution in [0.5, 0.6) is 0 Å². The number of rotatable bonds is 69. The number of phosphoric acid groups is 2. The van der Waals surface area contributed by atoms with Crippen LogP contribution in [-0.4, -0.2) is 96.7 Å². The number of allylic oxidation sites excluding steroid dienone is 18. The van der Waals surface area contributed by atoms with Crippen molar-refractivity contribution in [2.45, 2.75) is 316 Å². The number of esters is 4. The molecule has 0 fully saturated rings. The molecule has 0 saturated carbocycles. The largest absolute Gasteiger partial charge is 0.472 e. The van der Waals surface area contributed by atoms with Crippen molar-refractivity contribution in [2.75, 3.05) is 39.6 Å². The SMILES string of the molecule is CC/C=C\C/C=C\C/C=C\C/C=C\C/C=C\C/C=C\CCC(=O)OCC(COP(=O)(O)OCC(O)COP(=O)(O)OCC(COC(=O)CCCCCCC/C=C\C/C=C\C/C=C\CC)OC(=O)CCCCCCCCCCCCC)OC(=O)CCCCCCCCCCCCC. The van der Waals surface area contributed by atoms with Crippen molar-refractivity contribution in [3.05, 3.63) is 109 Å². The third-order valence-electron chi connectivity index (χ3n) is 15.3. The van der Waals surface area contributed by atoms with E-state index in [0.29, 0.717) is 32.1 Å². The van der Waals surface area contributed by atoms with Gasteiger partial charge in [0, 0.05) is 25.7 Å². The first-order valence-corrected chi connectivity index (χ1v) is 40.1.